The Balaban J connectivity index is 1.89. The van der Waals surface area contributed by atoms with Gasteiger partial charge in [0.1, 0.15) is 5.75 Å². The van der Waals surface area contributed by atoms with Crippen LogP contribution in [-0.2, 0) is 6.42 Å². The van der Waals surface area contributed by atoms with E-state index in [1.165, 1.54) is 6.07 Å². The van der Waals surface area contributed by atoms with Crippen molar-refractivity contribution in [3.63, 3.8) is 0 Å². The van der Waals surface area contributed by atoms with Crippen LogP contribution in [0.3, 0.4) is 0 Å². The molecule has 0 unspecified atom stereocenters. The Kier molecular flexibility index (Phi) is 4.13. The van der Waals surface area contributed by atoms with Gasteiger partial charge in [-0.15, -0.1) is 0 Å². The number of nitrogens with one attached hydrogen (secondary N) is 1. The number of carbonyl (C=O) groups is 1. The average Bonchev–Trinajstić information content (AvgIpc) is 2.43. The highest BCUT2D eigenvalue weighted by atomic mass is 16.3. The third-order valence-electron chi connectivity index (χ3n) is 2.92. The number of amides is 1. The van der Waals surface area contributed by atoms with Crippen molar-refractivity contribution in [1.82, 2.24) is 10.3 Å². The van der Waals surface area contributed by atoms with E-state index in [2.05, 4.69) is 10.3 Å². The molecule has 0 aliphatic heterocycles. The zero-order chi connectivity index (χ0) is 13.7. The lowest BCUT2D eigenvalue weighted by Crippen LogP contribution is -2.25. The van der Waals surface area contributed by atoms with Gasteiger partial charge in [0.05, 0.1) is 0 Å². The fourth-order valence-corrected chi connectivity index (χ4v) is 1.72. The summed E-state index contributed by atoms with van der Waals surface area (Å²) in [5.74, 6) is -0.0360. The van der Waals surface area contributed by atoms with Crippen molar-refractivity contribution < 1.29 is 9.90 Å². The second kappa shape index (κ2) is 6.00. The maximum absolute atomic E-state index is 11.9. The van der Waals surface area contributed by atoms with E-state index in [0.29, 0.717) is 12.1 Å². The first-order chi connectivity index (χ1) is 9.16. The van der Waals surface area contributed by atoms with Gasteiger partial charge < -0.3 is 10.4 Å². The second-order valence-electron chi connectivity index (χ2n) is 4.36. The number of nitrogens with zero attached hydrogens (tertiary/aromatic N) is 1. The Morgan fingerprint density at radius 2 is 2.00 bits per heavy atom. The first-order valence-corrected chi connectivity index (χ1v) is 6.13. The summed E-state index contributed by atoms with van der Waals surface area (Å²) >= 11 is 0. The molecule has 0 spiro atoms. The van der Waals surface area contributed by atoms with Crippen LogP contribution in [0.4, 0.5) is 0 Å². The minimum Gasteiger partial charge on any atom is -0.508 e. The molecule has 1 amide bonds. The van der Waals surface area contributed by atoms with E-state index in [0.717, 1.165) is 17.5 Å². The van der Waals surface area contributed by atoms with Crippen molar-refractivity contribution in [1.29, 1.82) is 0 Å². The van der Waals surface area contributed by atoms with Crippen molar-refractivity contribution in [3.05, 3.63) is 59.4 Å². The highest BCUT2D eigenvalue weighted by Crippen LogP contribution is 2.17. The zero-order valence-corrected chi connectivity index (χ0v) is 10.8. The molecule has 0 radical (unpaired) electrons. The van der Waals surface area contributed by atoms with E-state index in [1.807, 2.05) is 12.1 Å². The van der Waals surface area contributed by atoms with Crippen LogP contribution in [0.2, 0.25) is 0 Å². The molecule has 98 valence electrons. The van der Waals surface area contributed by atoms with Gasteiger partial charge in [0.25, 0.3) is 5.91 Å². The lowest BCUT2D eigenvalue weighted by molar-refractivity contribution is 0.0953. The topological polar surface area (TPSA) is 62.2 Å². The van der Waals surface area contributed by atoms with Crippen molar-refractivity contribution in [2.24, 2.45) is 0 Å². The van der Waals surface area contributed by atoms with Gasteiger partial charge in [-0.3, -0.25) is 9.78 Å². The van der Waals surface area contributed by atoms with Crippen LogP contribution < -0.4 is 5.32 Å². The summed E-state index contributed by atoms with van der Waals surface area (Å²) in [6, 6.07) is 8.76. The molecule has 0 aliphatic carbocycles. The number of phenolic OH excluding ortho intramolecular Hbond substituents is 1. The lowest BCUT2D eigenvalue weighted by atomic mass is 10.1. The summed E-state index contributed by atoms with van der Waals surface area (Å²) in [5, 5.41) is 12.4. The molecular weight excluding hydrogens is 240 g/mol. The summed E-state index contributed by atoms with van der Waals surface area (Å²) < 4.78 is 0. The van der Waals surface area contributed by atoms with Crippen LogP contribution in [0.5, 0.6) is 5.75 Å². The van der Waals surface area contributed by atoms with Gasteiger partial charge in [-0.25, -0.2) is 0 Å². The highest BCUT2D eigenvalue weighted by Gasteiger charge is 2.06. The fraction of sp³-hybridized carbons (Fsp3) is 0.200. The lowest BCUT2D eigenvalue weighted by Gasteiger charge is -2.06. The van der Waals surface area contributed by atoms with Crippen LogP contribution in [0.25, 0.3) is 0 Å². The molecule has 0 atom stereocenters. The smallest absolute Gasteiger partial charge is 0.251 e. The molecule has 19 heavy (non-hydrogen) atoms. The van der Waals surface area contributed by atoms with Crippen LogP contribution in [-0.4, -0.2) is 22.5 Å². The molecule has 2 aromatic rings. The summed E-state index contributed by atoms with van der Waals surface area (Å²) in [6.45, 7) is 2.35. The maximum atomic E-state index is 11.9. The summed E-state index contributed by atoms with van der Waals surface area (Å²) in [4.78, 5) is 15.8. The van der Waals surface area contributed by atoms with E-state index in [-0.39, 0.29) is 11.7 Å². The predicted molar refractivity (Wildman–Crippen MR) is 73.1 cm³/mol. The summed E-state index contributed by atoms with van der Waals surface area (Å²) in [7, 11) is 0. The standard InChI is InChI=1S/C15H16N2O2/c1-11-2-3-13(10-14(11)18)15(19)17-9-6-12-4-7-16-8-5-12/h2-5,7-8,10,18H,6,9H2,1H3,(H,17,19). The van der Waals surface area contributed by atoms with Crippen LogP contribution in [0.1, 0.15) is 21.5 Å². The zero-order valence-electron chi connectivity index (χ0n) is 10.8. The van der Waals surface area contributed by atoms with Crippen molar-refractivity contribution in [3.8, 4) is 5.75 Å². The molecule has 4 nitrogen and oxygen atoms in total. The molecule has 0 saturated carbocycles. The van der Waals surface area contributed by atoms with Gasteiger partial charge in [-0.05, 0) is 48.7 Å². The number of rotatable bonds is 4. The Bertz CT molecular complexity index is 568. The Labute approximate surface area is 112 Å². The van der Waals surface area contributed by atoms with E-state index in [9.17, 15) is 9.90 Å². The quantitative estimate of drug-likeness (QED) is 0.880. The van der Waals surface area contributed by atoms with Gasteiger partial charge in [0.15, 0.2) is 0 Å². The van der Waals surface area contributed by atoms with Gasteiger partial charge in [-0.1, -0.05) is 6.07 Å². The van der Waals surface area contributed by atoms with E-state index < -0.39 is 0 Å². The number of hydrogen-bond donors (Lipinski definition) is 2. The summed E-state index contributed by atoms with van der Waals surface area (Å²) in [5.41, 5.74) is 2.35. The molecule has 1 aromatic carbocycles. The first kappa shape index (κ1) is 13.1. The van der Waals surface area contributed by atoms with Crippen molar-refractivity contribution in [2.45, 2.75) is 13.3 Å². The second-order valence-corrected chi connectivity index (χ2v) is 4.36. The number of aromatic nitrogens is 1. The van der Waals surface area contributed by atoms with Crippen LogP contribution in [0, 0.1) is 6.92 Å². The molecule has 2 N–H and O–H groups in total. The minimum absolute atomic E-state index is 0.141. The number of phenols is 1. The third kappa shape index (κ3) is 3.55. The van der Waals surface area contributed by atoms with Crippen molar-refractivity contribution in [2.75, 3.05) is 6.54 Å². The Morgan fingerprint density at radius 3 is 2.68 bits per heavy atom. The normalized spacial score (nSPS) is 10.2. The van der Waals surface area contributed by atoms with Crippen molar-refractivity contribution >= 4 is 5.91 Å². The largest absolute Gasteiger partial charge is 0.508 e. The van der Waals surface area contributed by atoms with E-state index >= 15 is 0 Å². The van der Waals surface area contributed by atoms with Gasteiger partial charge >= 0.3 is 0 Å². The monoisotopic (exact) mass is 256 g/mol. The average molecular weight is 256 g/mol. The number of pyridine rings is 1. The van der Waals surface area contributed by atoms with E-state index in [1.54, 1.807) is 31.5 Å². The molecule has 0 saturated heterocycles. The molecule has 0 fully saturated rings. The Hall–Kier alpha value is -2.36. The number of aryl methyl sites for hydroxylation is 1. The Morgan fingerprint density at radius 1 is 1.26 bits per heavy atom. The first-order valence-electron chi connectivity index (χ1n) is 6.13. The maximum Gasteiger partial charge on any atom is 0.251 e. The fourth-order valence-electron chi connectivity index (χ4n) is 1.72. The van der Waals surface area contributed by atoms with Gasteiger partial charge in [0.2, 0.25) is 0 Å². The SMILES string of the molecule is Cc1ccc(C(=O)NCCc2ccncc2)cc1O. The molecule has 1 aromatic heterocycles. The van der Waals surface area contributed by atoms with Crippen LogP contribution >= 0.6 is 0 Å². The number of aromatic hydroxyl groups is 1. The summed E-state index contributed by atoms with van der Waals surface area (Å²) in [6.07, 6.45) is 4.22. The van der Waals surface area contributed by atoms with Gasteiger partial charge in [-0.2, -0.15) is 0 Å². The number of carbonyl (C=O) groups excluding carboxylic acids is 1. The predicted octanol–water partition coefficient (Wildman–Crippen LogP) is 2.07. The third-order valence-corrected chi connectivity index (χ3v) is 2.92. The molecule has 1 heterocycles. The van der Waals surface area contributed by atoms with Crippen LogP contribution in [0.15, 0.2) is 42.7 Å². The highest BCUT2D eigenvalue weighted by molar-refractivity contribution is 5.94. The van der Waals surface area contributed by atoms with Gasteiger partial charge in [0, 0.05) is 24.5 Å². The molecule has 0 aliphatic rings. The molecular formula is C15H16N2O2. The molecule has 4 heteroatoms. The molecule has 2 rings (SSSR count). The number of hydrogen-bond acceptors (Lipinski definition) is 3. The molecule has 0 bridgehead atoms. The minimum atomic E-state index is -0.177. The van der Waals surface area contributed by atoms with E-state index in [4.69, 9.17) is 0 Å². The number of benzene rings is 1.